The molecule has 0 spiro atoms. The Morgan fingerprint density at radius 2 is 2.00 bits per heavy atom. The summed E-state index contributed by atoms with van der Waals surface area (Å²) in [5.74, 6) is 0. The Bertz CT molecular complexity index is 88.1. The zero-order valence-electron chi connectivity index (χ0n) is 7.09. The lowest BCUT2D eigenvalue weighted by atomic mass is 10.2. The van der Waals surface area contributed by atoms with E-state index in [2.05, 4.69) is 0 Å². The van der Waals surface area contributed by atoms with Crippen LogP contribution >= 0.6 is 0 Å². The molecule has 0 rings (SSSR count). The Morgan fingerprint density at radius 3 is 2.30 bits per heavy atom. The van der Waals surface area contributed by atoms with Gasteiger partial charge in [-0.15, -0.1) is 0 Å². The topological polar surface area (TPSA) is 49.5 Å². The number of nitrogens with zero attached hydrogens (tertiary/aromatic N) is 1. The Balaban J connectivity index is 3.52. The molecule has 0 heterocycles. The number of rotatable bonds is 4. The molecule has 0 aromatic carbocycles. The molecule has 0 aliphatic rings. The highest BCUT2D eigenvalue weighted by Crippen LogP contribution is 2.06. The molecular formula is C7H18N2O. The molecule has 0 aliphatic carbocycles. The van der Waals surface area contributed by atoms with Gasteiger partial charge in [0.2, 0.25) is 0 Å². The van der Waals surface area contributed by atoms with Gasteiger partial charge in [0, 0.05) is 6.54 Å². The van der Waals surface area contributed by atoms with E-state index in [0.29, 0.717) is 6.54 Å². The molecule has 0 saturated carbocycles. The number of aliphatic hydroxyl groups is 1. The van der Waals surface area contributed by atoms with Crippen molar-refractivity contribution in [2.75, 3.05) is 20.1 Å². The number of hydrogen-bond donors (Lipinski definition) is 2. The first-order valence-corrected chi connectivity index (χ1v) is 3.62. The van der Waals surface area contributed by atoms with E-state index in [1.165, 1.54) is 0 Å². The molecule has 0 aliphatic heterocycles. The normalized spacial score (nSPS) is 12.6. The highest BCUT2D eigenvalue weighted by atomic mass is 16.3. The summed E-state index contributed by atoms with van der Waals surface area (Å²) in [4.78, 5) is 1.87. The lowest BCUT2D eigenvalue weighted by molar-refractivity contribution is -0.0630. The smallest absolute Gasteiger partial charge is 0.112 e. The summed E-state index contributed by atoms with van der Waals surface area (Å²) in [7, 11) is 1.88. The van der Waals surface area contributed by atoms with Crippen LogP contribution in [-0.2, 0) is 0 Å². The zero-order valence-corrected chi connectivity index (χ0v) is 7.09. The number of hydrogen-bond acceptors (Lipinski definition) is 3. The van der Waals surface area contributed by atoms with Gasteiger partial charge in [-0.25, -0.2) is 0 Å². The van der Waals surface area contributed by atoms with E-state index in [0.717, 1.165) is 13.0 Å². The molecule has 0 aromatic heterocycles. The zero-order chi connectivity index (χ0) is 8.20. The molecule has 0 radical (unpaired) electrons. The molecule has 0 aromatic rings. The highest BCUT2D eigenvalue weighted by Gasteiger charge is 2.17. The van der Waals surface area contributed by atoms with Gasteiger partial charge in [-0.3, -0.25) is 4.90 Å². The van der Waals surface area contributed by atoms with Crippen molar-refractivity contribution >= 4 is 0 Å². The fourth-order valence-electron chi connectivity index (χ4n) is 0.602. The predicted molar refractivity (Wildman–Crippen MR) is 42.6 cm³/mol. The average Bonchev–Trinajstić information content (AvgIpc) is 1.80. The second-order valence-corrected chi connectivity index (χ2v) is 3.06. The Kier molecular flexibility index (Phi) is 3.86. The Morgan fingerprint density at radius 1 is 1.50 bits per heavy atom. The summed E-state index contributed by atoms with van der Waals surface area (Å²) in [6.07, 6.45) is 0.931. The van der Waals surface area contributed by atoms with Crippen LogP contribution in [0.4, 0.5) is 0 Å². The van der Waals surface area contributed by atoms with E-state index in [4.69, 9.17) is 5.73 Å². The van der Waals surface area contributed by atoms with Crippen LogP contribution < -0.4 is 5.73 Å². The summed E-state index contributed by atoms with van der Waals surface area (Å²) in [6.45, 7) is 5.06. The monoisotopic (exact) mass is 146 g/mol. The van der Waals surface area contributed by atoms with Crippen LogP contribution in [-0.4, -0.2) is 35.9 Å². The van der Waals surface area contributed by atoms with Crippen LogP contribution in [0.2, 0.25) is 0 Å². The maximum absolute atomic E-state index is 9.40. The first-order chi connectivity index (χ1) is 4.48. The molecule has 0 saturated heterocycles. The van der Waals surface area contributed by atoms with Crippen LogP contribution in [0.5, 0.6) is 0 Å². The quantitative estimate of drug-likeness (QED) is 0.549. The minimum absolute atomic E-state index is 0.681. The van der Waals surface area contributed by atoms with Gasteiger partial charge in [0.15, 0.2) is 0 Å². The van der Waals surface area contributed by atoms with Crippen molar-refractivity contribution in [3.05, 3.63) is 0 Å². The molecule has 10 heavy (non-hydrogen) atoms. The third-order valence-electron chi connectivity index (χ3n) is 1.63. The van der Waals surface area contributed by atoms with Crippen molar-refractivity contribution in [3.63, 3.8) is 0 Å². The molecule has 0 amide bonds. The first-order valence-electron chi connectivity index (χ1n) is 3.62. The van der Waals surface area contributed by atoms with Crippen LogP contribution in [0.25, 0.3) is 0 Å². The van der Waals surface area contributed by atoms with Gasteiger partial charge < -0.3 is 10.8 Å². The van der Waals surface area contributed by atoms with Crippen LogP contribution in [0.15, 0.2) is 0 Å². The lowest BCUT2D eigenvalue weighted by Gasteiger charge is -2.29. The molecule has 3 heteroatoms. The maximum Gasteiger partial charge on any atom is 0.112 e. The first kappa shape index (κ1) is 9.88. The minimum Gasteiger partial charge on any atom is -0.376 e. The fraction of sp³-hybridized carbons (Fsp3) is 1.00. The molecular weight excluding hydrogens is 128 g/mol. The predicted octanol–water partition coefficient (Wildman–Crippen LogP) is -0.00460. The average molecular weight is 146 g/mol. The molecule has 0 unspecified atom stereocenters. The minimum atomic E-state index is -0.713. The van der Waals surface area contributed by atoms with E-state index in [9.17, 15) is 5.11 Å². The molecule has 0 fully saturated rings. The molecule has 3 N–H and O–H groups in total. The van der Waals surface area contributed by atoms with E-state index >= 15 is 0 Å². The van der Waals surface area contributed by atoms with Crippen LogP contribution in [0.3, 0.4) is 0 Å². The van der Waals surface area contributed by atoms with Crippen molar-refractivity contribution in [3.8, 4) is 0 Å². The summed E-state index contributed by atoms with van der Waals surface area (Å²) >= 11 is 0. The van der Waals surface area contributed by atoms with Crippen molar-refractivity contribution in [2.45, 2.75) is 26.0 Å². The van der Waals surface area contributed by atoms with Gasteiger partial charge in [0.25, 0.3) is 0 Å². The van der Waals surface area contributed by atoms with Gasteiger partial charge in [0.1, 0.15) is 5.72 Å². The summed E-state index contributed by atoms with van der Waals surface area (Å²) in [5.41, 5.74) is 4.60. The van der Waals surface area contributed by atoms with E-state index in [1.54, 1.807) is 13.8 Å². The van der Waals surface area contributed by atoms with Crippen LogP contribution in [0, 0.1) is 0 Å². The molecule has 3 nitrogen and oxygen atoms in total. The fourth-order valence-corrected chi connectivity index (χ4v) is 0.602. The van der Waals surface area contributed by atoms with E-state index in [-0.39, 0.29) is 0 Å². The van der Waals surface area contributed by atoms with Gasteiger partial charge in [0.05, 0.1) is 0 Å². The van der Waals surface area contributed by atoms with Crippen molar-refractivity contribution in [2.24, 2.45) is 5.73 Å². The lowest BCUT2D eigenvalue weighted by Crippen LogP contribution is -2.41. The highest BCUT2D eigenvalue weighted by molar-refractivity contribution is 4.64. The molecule has 0 bridgehead atoms. The summed E-state index contributed by atoms with van der Waals surface area (Å²) < 4.78 is 0. The van der Waals surface area contributed by atoms with Gasteiger partial charge in [-0.1, -0.05) is 0 Å². The van der Waals surface area contributed by atoms with E-state index < -0.39 is 5.72 Å². The Hall–Kier alpha value is -0.120. The Labute approximate surface area is 62.8 Å². The van der Waals surface area contributed by atoms with Crippen molar-refractivity contribution in [1.82, 2.24) is 4.90 Å². The molecule has 62 valence electrons. The van der Waals surface area contributed by atoms with Crippen molar-refractivity contribution < 1.29 is 5.11 Å². The van der Waals surface area contributed by atoms with Gasteiger partial charge >= 0.3 is 0 Å². The van der Waals surface area contributed by atoms with Crippen molar-refractivity contribution in [1.29, 1.82) is 0 Å². The van der Waals surface area contributed by atoms with E-state index in [1.807, 2.05) is 11.9 Å². The molecule has 0 atom stereocenters. The largest absolute Gasteiger partial charge is 0.376 e. The third kappa shape index (κ3) is 3.82. The maximum atomic E-state index is 9.40. The third-order valence-corrected chi connectivity index (χ3v) is 1.63. The van der Waals surface area contributed by atoms with Gasteiger partial charge in [-0.2, -0.15) is 0 Å². The van der Waals surface area contributed by atoms with Gasteiger partial charge in [-0.05, 0) is 33.9 Å². The summed E-state index contributed by atoms with van der Waals surface area (Å²) in [5, 5.41) is 9.40. The second kappa shape index (κ2) is 3.91. The SMILES string of the molecule is CN(CCCN)C(C)(C)O. The summed E-state index contributed by atoms with van der Waals surface area (Å²) in [6, 6.07) is 0. The van der Waals surface area contributed by atoms with Crippen LogP contribution in [0.1, 0.15) is 20.3 Å². The standard InChI is InChI=1S/C7H18N2O/c1-7(2,10)9(3)6-4-5-8/h10H,4-6,8H2,1-3H3. The number of nitrogens with two attached hydrogens (primary N) is 1. The second-order valence-electron chi connectivity index (χ2n) is 3.06.